The predicted molar refractivity (Wildman–Crippen MR) is 127 cm³/mol. The number of benzene rings is 1. The number of rotatable bonds is 11. The van der Waals surface area contributed by atoms with Crippen LogP contribution in [-0.2, 0) is 22.3 Å². The van der Waals surface area contributed by atoms with E-state index in [1.54, 1.807) is 11.8 Å². The Hall–Kier alpha value is -2.01. The van der Waals surface area contributed by atoms with Crippen molar-refractivity contribution in [1.29, 1.82) is 0 Å². The average molecular weight is 469 g/mol. The van der Waals surface area contributed by atoms with Gasteiger partial charge in [0, 0.05) is 12.3 Å². The van der Waals surface area contributed by atoms with Crippen molar-refractivity contribution in [3.05, 3.63) is 59.0 Å². The van der Waals surface area contributed by atoms with E-state index in [-0.39, 0.29) is 12.5 Å². The Morgan fingerprint density at radius 3 is 2.68 bits per heavy atom. The molecule has 0 aliphatic heterocycles. The highest BCUT2D eigenvalue weighted by Gasteiger charge is 2.10. The normalized spacial score (nSPS) is 13.4. The summed E-state index contributed by atoms with van der Waals surface area (Å²) in [5, 5.41) is 13.4. The van der Waals surface area contributed by atoms with Gasteiger partial charge in [-0.1, -0.05) is 29.8 Å². The second-order valence-corrected chi connectivity index (χ2v) is 10.4. The lowest BCUT2D eigenvalue weighted by molar-refractivity contribution is 0.187. The van der Waals surface area contributed by atoms with Gasteiger partial charge in [0.05, 0.1) is 31.2 Å². The number of aryl methyl sites for hydroxylation is 1. The van der Waals surface area contributed by atoms with Crippen molar-refractivity contribution in [2.45, 2.75) is 25.3 Å². The SMILES string of the molecule is Cc1cccc(C(O)CN=C(NCCSCc2ccc(CN(C)C)o2)NS(C)(=O)=O)c1. The highest BCUT2D eigenvalue weighted by molar-refractivity contribution is 7.98. The monoisotopic (exact) mass is 468 g/mol. The van der Waals surface area contributed by atoms with E-state index in [0.717, 1.165) is 47.0 Å². The molecule has 0 aliphatic rings. The second-order valence-electron chi connectivity index (χ2n) is 7.58. The molecule has 0 saturated heterocycles. The van der Waals surface area contributed by atoms with E-state index >= 15 is 0 Å². The fraction of sp³-hybridized carbons (Fsp3) is 0.476. The summed E-state index contributed by atoms with van der Waals surface area (Å²) in [6.07, 6.45) is 0.251. The Morgan fingerprint density at radius 2 is 2.00 bits per heavy atom. The van der Waals surface area contributed by atoms with E-state index in [4.69, 9.17) is 4.42 Å². The first kappa shape index (κ1) is 25.3. The summed E-state index contributed by atoms with van der Waals surface area (Å²) in [5.74, 6) is 3.42. The molecule has 2 rings (SSSR count). The van der Waals surface area contributed by atoms with Crippen molar-refractivity contribution in [2.75, 3.05) is 39.2 Å². The first-order chi connectivity index (χ1) is 14.6. The van der Waals surface area contributed by atoms with Gasteiger partial charge in [0.1, 0.15) is 11.5 Å². The van der Waals surface area contributed by atoms with Crippen LogP contribution in [0.25, 0.3) is 0 Å². The van der Waals surface area contributed by atoms with Crippen molar-refractivity contribution in [3.63, 3.8) is 0 Å². The summed E-state index contributed by atoms with van der Waals surface area (Å²) < 4.78 is 31.4. The fourth-order valence-corrected chi connectivity index (χ4v) is 4.01. The minimum Gasteiger partial charge on any atom is -0.464 e. The molecule has 1 unspecified atom stereocenters. The molecule has 0 spiro atoms. The van der Waals surface area contributed by atoms with Gasteiger partial charge < -0.3 is 19.7 Å². The zero-order chi connectivity index (χ0) is 22.9. The van der Waals surface area contributed by atoms with E-state index in [0.29, 0.717) is 6.54 Å². The van der Waals surface area contributed by atoms with Gasteiger partial charge in [0.2, 0.25) is 16.0 Å². The molecule has 1 aromatic carbocycles. The average Bonchev–Trinajstić information content (AvgIpc) is 3.10. The third-order valence-electron chi connectivity index (χ3n) is 4.10. The number of furan rings is 1. The van der Waals surface area contributed by atoms with Crippen LogP contribution >= 0.6 is 11.8 Å². The Bertz CT molecular complexity index is 958. The Balaban J connectivity index is 1.83. The minimum atomic E-state index is -3.49. The van der Waals surface area contributed by atoms with Gasteiger partial charge in [-0.2, -0.15) is 11.8 Å². The molecule has 0 aliphatic carbocycles. The minimum absolute atomic E-state index is 0.0441. The number of sulfonamides is 1. The molecule has 0 saturated carbocycles. The molecule has 0 fully saturated rings. The van der Waals surface area contributed by atoms with Gasteiger partial charge in [-0.15, -0.1) is 0 Å². The number of nitrogens with one attached hydrogen (secondary N) is 2. The summed E-state index contributed by atoms with van der Waals surface area (Å²) in [6, 6.07) is 11.5. The van der Waals surface area contributed by atoms with Crippen LogP contribution in [0.5, 0.6) is 0 Å². The van der Waals surface area contributed by atoms with Gasteiger partial charge in [0.25, 0.3) is 0 Å². The number of aliphatic hydroxyl groups excluding tert-OH is 1. The van der Waals surface area contributed by atoms with Crippen LogP contribution in [-0.4, -0.2) is 63.6 Å². The number of aliphatic imine (C=N–C) groups is 1. The predicted octanol–water partition coefficient (Wildman–Crippen LogP) is 2.11. The van der Waals surface area contributed by atoms with Crippen LogP contribution in [0.2, 0.25) is 0 Å². The largest absolute Gasteiger partial charge is 0.464 e. The zero-order valence-electron chi connectivity index (χ0n) is 18.5. The lowest BCUT2D eigenvalue weighted by Crippen LogP contribution is -2.41. The molecule has 31 heavy (non-hydrogen) atoms. The van der Waals surface area contributed by atoms with Crippen LogP contribution < -0.4 is 10.0 Å². The molecular weight excluding hydrogens is 436 g/mol. The summed E-state index contributed by atoms with van der Waals surface area (Å²) in [6.45, 7) is 3.26. The van der Waals surface area contributed by atoms with Crippen molar-refractivity contribution >= 4 is 27.7 Å². The van der Waals surface area contributed by atoms with Crippen LogP contribution in [0, 0.1) is 6.92 Å². The van der Waals surface area contributed by atoms with Crippen LogP contribution in [0.4, 0.5) is 0 Å². The number of aliphatic hydroxyl groups is 1. The van der Waals surface area contributed by atoms with Gasteiger partial charge in [-0.05, 0) is 38.7 Å². The molecule has 0 amide bonds. The summed E-state index contributed by atoms with van der Waals surface area (Å²) in [5.41, 5.74) is 1.78. The lowest BCUT2D eigenvalue weighted by Gasteiger charge is -2.13. The Kier molecular flexibility index (Phi) is 9.89. The van der Waals surface area contributed by atoms with Gasteiger partial charge in [-0.3, -0.25) is 4.72 Å². The number of thioether (sulfide) groups is 1. The molecule has 1 aromatic heterocycles. The lowest BCUT2D eigenvalue weighted by atomic mass is 10.1. The van der Waals surface area contributed by atoms with Crippen molar-refractivity contribution in [2.24, 2.45) is 4.99 Å². The Labute approximate surface area is 189 Å². The summed E-state index contributed by atoms with van der Waals surface area (Å²) in [7, 11) is 0.498. The maximum atomic E-state index is 11.6. The van der Waals surface area contributed by atoms with Gasteiger partial charge >= 0.3 is 0 Å². The molecule has 0 bridgehead atoms. The molecule has 8 nitrogen and oxygen atoms in total. The first-order valence-electron chi connectivity index (χ1n) is 9.93. The quantitative estimate of drug-likeness (QED) is 0.263. The van der Waals surface area contributed by atoms with E-state index in [9.17, 15) is 13.5 Å². The van der Waals surface area contributed by atoms with E-state index < -0.39 is 16.1 Å². The van der Waals surface area contributed by atoms with Crippen molar-refractivity contribution < 1.29 is 17.9 Å². The van der Waals surface area contributed by atoms with Gasteiger partial charge in [-0.25, -0.2) is 13.4 Å². The standard InChI is InChI=1S/C21H32N4O4S2/c1-16-6-5-7-17(12-16)20(26)13-23-21(24-31(4,27)28)22-10-11-30-15-19-9-8-18(29-19)14-25(2)3/h5-9,12,20,26H,10-11,13-15H2,1-4H3,(H2,22,23,24). The van der Waals surface area contributed by atoms with E-state index in [1.165, 1.54) is 0 Å². The molecular formula is C21H32N4O4S2. The number of hydrogen-bond donors (Lipinski definition) is 3. The maximum Gasteiger partial charge on any atom is 0.232 e. The fourth-order valence-electron chi connectivity index (χ4n) is 2.77. The third kappa shape index (κ3) is 10.2. The van der Waals surface area contributed by atoms with Crippen molar-refractivity contribution in [1.82, 2.24) is 14.9 Å². The molecule has 1 heterocycles. The molecule has 10 heteroatoms. The van der Waals surface area contributed by atoms with E-state index in [1.807, 2.05) is 62.3 Å². The summed E-state index contributed by atoms with van der Waals surface area (Å²) in [4.78, 5) is 6.28. The Morgan fingerprint density at radius 1 is 1.26 bits per heavy atom. The molecule has 172 valence electrons. The third-order valence-corrected chi connectivity index (χ3v) is 5.65. The maximum absolute atomic E-state index is 11.6. The number of nitrogens with zero attached hydrogens (tertiary/aromatic N) is 2. The molecule has 0 radical (unpaired) electrons. The molecule has 2 aromatic rings. The highest BCUT2D eigenvalue weighted by Crippen LogP contribution is 2.16. The topological polar surface area (TPSA) is 107 Å². The van der Waals surface area contributed by atoms with Crippen LogP contribution in [0.3, 0.4) is 0 Å². The van der Waals surface area contributed by atoms with Crippen LogP contribution in [0.1, 0.15) is 28.8 Å². The van der Waals surface area contributed by atoms with Crippen LogP contribution in [0.15, 0.2) is 45.8 Å². The first-order valence-corrected chi connectivity index (χ1v) is 13.0. The smallest absolute Gasteiger partial charge is 0.232 e. The number of guanidine groups is 1. The van der Waals surface area contributed by atoms with Crippen molar-refractivity contribution in [3.8, 4) is 0 Å². The van der Waals surface area contributed by atoms with Gasteiger partial charge in [0.15, 0.2) is 0 Å². The molecule has 3 N–H and O–H groups in total. The van der Waals surface area contributed by atoms with E-state index in [2.05, 4.69) is 15.0 Å². The zero-order valence-corrected chi connectivity index (χ0v) is 20.1. The highest BCUT2D eigenvalue weighted by atomic mass is 32.2. The summed E-state index contributed by atoms with van der Waals surface area (Å²) >= 11 is 1.67. The second kappa shape index (κ2) is 12.1. The molecule has 1 atom stereocenters. The number of hydrogen-bond acceptors (Lipinski definition) is 7.